The molecule has 2 N–H and O–H groups in total. The molecular weight excluding hydrogens is 454 g/mol. The summed E-state index contributed by atoms with van der Waals surface area (Å²) in [5, 5.41) is 4.04. The third-order valence-electron chi connectivity index (χ3n) is 6.77. The number of rotatable bonds is 8. The van der Waals surface area contributed by atoms with Crippen molar-refractivity contribution in [2.45, 2.75) is 19.4 Å². The van der Waals surface area contributed by atoms with Crippen LogP contribution < -0.4 is 14.8 Å². The maximum atomic E-state index is 13.4. The number of hydrogen-bond donors (Lipinski definition) is 2. The van der Waals surface area contributed by atoms with Gasteiger partial charge in [0, 0.05) is 34.3 Å². The van der Waals surface area contributed by atoms with Crippen molar-refractivity contribution in [1.82, 2.24) is 15.2 Å². The summed E-state index contributed by atoms with van der Waals surface area (Å²) in [6, 6.07) is 21.1. The van der Waals surface area contributed by atoms with Crippen LogP contribution >= 0.6 is 0 Å². The first-order chi connectivity index (χ1) is 17.5. The van der Waals surface area contributed by atoms with Gasteiger partial charge in [-0.1, -0.05) is 42.5 Å². The van der Waals surface area contributed by atoms with E-state index in [0.717, 1.165) is 33.3 Å². The molecule has 5 rings (SSSR count). The van der Waals surface area contributed by atoms with E-state index in [4.69, 9.17) is 9.47 Å². The number of carbonyl (C=O) groups excluding carboxylic acids is 2. The van der Waals surface area contributed by atoms with Gasteiger partial charge in [-0.25, -0.2) is 0 Å². The van der Waals surface area contributed by atoms with Gasteiger partial charge in [0.15, 0.2) is 11.5 Å². The van der Waals surface area contributed by atoms with E-state index in [0.29, 0.717) is 30.0 Å². The molecule has 3 aromatic carbocycles. The number of benzene rings is 3. The van der Waals surface area contributed by atoms with Crippen LogP contribution in [0, 0.1) is 6.92 Å². The standard InChI is InChI=1S/C29H29N3O4/c1-18-27(22-10-6-7-11-23(22)31-18)28-20-8-4-5-9-21(20)29(34)32(28)17-26(33)30-15-14-19-12-13-24(35-2)25(16-19)36-3/h4-13,16,28,31H,14-15,17H2,1-3H3,(H,30,33)/t28-/m0/s1. The number of nitrogens with zero attached hydrogens (tertiary/aromatic N) is 1. The van der Waals surface area contributed by atoms with Crippen LogP contribution in [0.25, 0.3) is 10.9 Å². The molecule has 2 amide bonds. The van der Waals surface area contributed by atoms with Crippen LogP contribution in [0.15, 0.2) is 66.7 Å². The molecular formula is C29H29N3O4. The number of aromatic nitrogens is 1. The Morgan fingerprint density at radius 2 is 1.75 bits per heavy atom. The summed E-state index contributed by atoms with van der Waals surface area (Å²) < 4.78 is 10.7. The van der Waals surface area contributed by atoms with Gasteiger partial charge in [0.1, 0.15) is 6.54 Å². The number of nitrogens with one attached hydrogen (secondary N) is 2. The zero-order chi connectivity index (χ0) is 25.2. The summed E-state index contributed by atoms with van der Waals surface area (Å²) in [7, 11) is 3.20. The molecule has 7 nitrogen and oxygen atoms in total. The second-order valence-corrected chi connectivity index (χ2v) is 8.92. The van der Waals surface area contributed by atoms with Crippen molar-refractivity contribution in [2.24, 2.45) is 0 Å². The lowest BCUT2D eigenvalue weighted by Gasteiger charge is -2.25. The Balaban J connectivity index is 1.35. The lowest BCUT2D eigenvalue weighted by Crippen LogP contribution is -2.40. The summed E-state index contributed by atoms with van der Waals surface area (Å²) in [5.74, 6) is 0.990. The summed E-state index contributed by atoms with van der Waals surface area (Å²) >= 11 is 0. The van der Waals surface area contributed by atoms with E-state index in [1.54, 1.807) is 19.1 Å². The first kappa shape index (κ1) is 23.5. The van der Waals surface area contributed by atoms with Crippen LogP contribution in [0.5, 0.6) is 11.5 Å². The molecule has 1 aromatic heterocycles. The van der Waals surface area contributed by atoms with Gasteiger partial charge in [-0.3, -0.25) is 9.59 Å². The number of carbonyl (C=O) groups is 2. The SMILES string of the molecule is COc1ccc(CCNC(=O)CN2C(=O)c3ccccc3[C@H]2c2c(C)[nH]c3ccccc23)cc1OC. The van der Waals surface area contributed by atoms with Crippen molar-refractivity contribution in [2.75, 3.05) is 27.3 Å². The van der Waals surface area contributed by atoms with Gasteiger partial charge >= 0.3 is 0 Å². The average Bonchev–Trinajstić information content (AvgIpc) is 3.36. The number of amides is 2. The Morgan fingerprint density at radius 1 is 1.00 bits per heavy atom. The molecule has 0 saturated heterocycles. The molecule has 36 heavy (non-hydrogen) atoms. The lowest BCUT2D eigenvalue weighted by molar-refractivity contribution is -0.122. The van der Waals surface area contributed by atoms with E-state index in [-0.39, 0.29) is 24.4 Å². The van der Waals surface area contributed by atoms with Crippen LogP contribution in [-0.2, 0) is 11.2 Å². The quantitative estimate of drug-likeness (QED) is 0.389. The summed E-state index contributed by atoms with van der Waals surface area (Å²) in [5.41, 5.74) is 5.62. The van der Waals surface area contributed by atoms with E-state index in [2.05, 4.69) is 16.4 Å². The van der Waals surface area contributed by atoms with Crippen LogP contribution in [-0.4, -0.2) is 49.0 Å². The Labute approximate surface area is 210 Å². The number of aryl methyl sites for hydroxylation is 1. The fraction of sp³-hybridized carbons (Fsp3) is 0.241. The molecule has 1 atom stereocenters. The fourth-order valence-electron chi connectivity index (χ4n) is 5.09. The normalized spacial score (nSPS) is 14.7. The number of H-pyrrole nitrogens is 1. The highest BCUT2D eigenvalue weighted by molar-refractivity contribution is 6.02. The van der Waals surface area contributed by atoms with Gasteiger partial charge in [0.05, 0.1) is 20.3 Å². The molecule has 0 fully saturated rings. The molecule has 0 saturated carbocycles. The van der Waals surface area contributed by atoms with E-state index in [1.807, 2.05) is 67.6 Å². The number of fused-ring (bicyclic) bond motifs is 2. The highest BCUT2D eigenvalue weighted by Gasteiger charge is 2.40. The number of methoxy groups -OCH3 is 2. The van der Waals surface area contributed by atoms with E-state index >= 15 is 0 Å². The Morgan fingerprint density at radius 3 is 2.56 bits per heavy atom. The van der Waals surface area contributed by atoms with Gasteiger partial charge in [-0.05, 0) is 48.7 Å². The Kier molecular flexibility index (Phi) is 6.38. The monoisotopic (exact) mass is 483 g/mol. The first-order valence-electron chi connectivity index (χ1n) is 12.0. The molecule has 0 bridgehead atoms. The molecule has 0 radical (unpaired) electrons. The second kappa shape index (κ2) is 9.77. The van der Waals surface area contributed by atoms with Gasteiger partial charge in [0.25, 0.3) is 5.91 Å². The molecule has 7 heteroatoms. The molecule has 0 unspecified atom stereocenters. The largest absolute Gasteiger partial charge is 0.493 e. The molecule has 0 spiro atoms. The molecule has 0 aliphatic carbocycles. The topological polar surface area (TPSA) is 83.7 Å². The highest BCUT2D eigenvalue weighted by Crippen LogP contribution is 2.42. The van der Waals surface area contributed by atoms with Crippen molar-refractivity contribution in [1.29, 1.82) is 0 Å². The third kappa shape index (κ3) is 4.17. The summed E-state index contributed by atoms with van der Waals surface area (Å²) in [6.45, 7) is 2.44. The van der Waals surface area contributed by atoms with E-state index in [1.165, 1.54) is 0 Å². The smallest absolute Gasteiger partial charge is 0.255 e. The van der Waals surface area contributed by atoms with E-state index in [9.17, 15) is 9.59 Å². The minimum atomic E-state index is -0.332. The van der Waals surface area contributed by atoms with Gasteiger partial charge in [-0.15, -0.1) is 0 Å². The average molecular weight is 484 g/mol. The van der Waals surface area contributed by atoms with E-state index < -0.39 is 0 Å². The van der Waals surface area contributed by atoms with Crippen molar-refractivity contribution in [3.8, 4) is 11.5 Å². The van der Waals surface area contributed by atoms with Crippen molar-refractivity contribution < 1.29 is 19.1 Å². The molecule has 184 valence electrons. The predicted octanol–water partition coefficient (Wildman–Crippen LogP) is 4.40. The fourth-order valence-corrected chi connectivity index (χ4v) is 5.09. The van der Waals surface area contributed by atoms with Gasteiger partial charge in [-0.2, -0.15) is 0 Å². The third-order valence-corrected chi connectivity index (χ3v) is 6.77. The van der Waals surface area contributed by atoms with Crippen LogP contribution in [0.2, 0.25) is 0 Å². The summed E-state index contributed by atoms with van der Waals surface area (Å²) in [6.07, 6.45) is 0.630. The van der Waals surface area contributed by atoms with Crippen molar-refractivity contribution in [3.05, 3.63) is 94.7 Å². The lowest BCUT2D eigenvalue weighted by atomic mass is 9.95. The van der Waals surface area contributed by atoms with Gasteiger partial charge < -0.3 is 24.7 Å². The minimum Gasteiger partial charge on any atom is -0.493 e. The van der Waals surface area contributed by atoms with Crippen molar-refractivity contribution in [3.63, 3.8) is 0 Å². The second-order valence-electron chi connectivity index (χ2n) is 8.92. The van der Waals surface area contributed by atoms with Crippen molar-refractivity contribution >= 4 is 22.7 Å². The Hall–Kier alpha value is -4.26. The maximum Gasteiger partial charge on any atom is 0.255 e. The number of para-hydroxylation sites is 1. The van der Waals surface area contributed by atoms with Crippen LogP contribution in [0.1, 0.15) is 38.8 Å². The minimum absolute atomic E-state index is 0.0247. The molecule has 4 aromatic rings. The maximum absolute atomic E-state index is 13.4. The zero-order valence-corrected chi connectivity index (χ0v) is 20.6. The van der Waals surface area contributed by atoms with Crippen LogP contribution in [0.4, 0.5) is 0 Å². The molecule has 1 aliphatic heterocycles. The number of hydrogen-bond acceptors (Lipinski definition) is 4. The number of aromatic amines is 1. The highest BCUT2D eigenvalue weighted by atomic mass is 16.5. The zero-order valence-electron chi connectivity index (χ0n) is 20.6. The molecule has 1 aliphatic rings. The van der Waals surface area contributed by atoms with Crippen LogP contribution in [0.3, 0.4) is 0 Å². The van der Waals surface area contributed by atoms with Gasteiger partial charge in [0.2, 0.25) is 5.91 Å². The summed E-state index contributed by atoms with van der Waals surface area (Å²) in [4.78, 5) is 31.6. The first-order valence-corrected chi connectivity index (χ1v) is 12.0. The molecule has 2 heterocycles. The predicted molar refractivity (Wildman–Crippen MR) is 139 cm³/mol. The number of ether oxygens (including phenoxy) is 2. The Bertz CT molecular complexity index is 1440.